The predicted molar refractivity (Wildman–Crippen MR) is 297 cm³/mol. The van der Waals surface area contributed by atoms with Crippen molar-refractivity contribution in [3.8, 4) is 27.9 Å². The monoisotopic (exact) mass is 912 g/mol. The maximum Gasteiger partial charge on any atom is 0.333 e. The molecule has 330 valence electrons. The van der Waals surface area contributed by atoms with Crippen LogP contribution in [0, 0.1) is 0 Å². The molecule has 0 N–H and O–H groups in total. The van der Waals surface area contributed by atoms with Gasteiger partial charge in [0.15, 0.2) is 0 Å². The molecule has 2 nitrogen and oxygen atoms in total. The molecule has 0 fully saturated rings. The van der Waals surface area contributed by atoms with Crippen LogP contribution in [0.2, 0.25) is 0 Å². The van der Waals surface area contributed by atoms with E-state index in [2.05, 4.69) is 205 Å². The van der Waals surface area contributed by atoms with E-state index < -0.39 is 0 Å². The average molecular weight is 913 g/mol. The molecule has 11 aromatic rings. The smallest absolute Gasteiger partial charge is 0.333 e. The number of thiophene rings is 2. The first-order valence-corrected chi connectivity index (χ1v) is 26.4. The highest BCUT2D eigenvalue weighted by molar-refractivity contribution is 7.26. The van der Waals surface area contributed by atoms with Crippen molar-refractivity contribution in [3.05, 3.63) is 161 Å². The van der Waals surface area contributed by atoms with E-state index in [0.29, 0.717) is 0 Å². The molecule has 0 unspecified atom stereocenters. The Kier molecular flexibility index (Phi) is 7.46. The molecule has 2 aliphatic carbocycles. The Morgan fingerprint density at radius 3 is 1.94 bits per heavy atom. The van der Waals surface area contributed by atoms with Gasteiger partial charge >= 0.3 is 6.85 Å². The Bertz CT molecular complexity index is 4110. The van der Waals surface area contributed by atoms with Gasteiger partial charge in [-0.3, -0.25) is 0 Å². The number of benzene rings is 8. The third-order valence-electron chi connectivity index (χ3n) is 17.4. The standard InChI is InChI=1S/C63H53BN2S2/c1-60(2,3)34-18-20-35(21-19-34)66-52-33-57-43(44-28-48-49(31-55(44)68-57)62(6,7)25-24-61(48,4)5)27-41(52)38-22-23-39-42-26-40-36-14-10-12-16-46(36)63(8,9)47(40)30-51(42)65-53-29-45-37-15-11-13-17-54(37)67-56(45)32-50(53)64(66)58(38)59(39)65/h10-23,26-33H,24-25H2,1-9H3. The highest BCUT2D eigenvalue weighted by atomic mass is 32.1. The molecule has 4 aliphatic rings. The zero-order valence-electron chi connectivity index (χ0n) is 40.4. The summed E-state index contributed by atoms with van der Waals surface area (Å²) in [5.41, 5.74) is 22.1. The molecule has 0 amide bonds. The molecule has 0 spiro atoms. The van der Waals surface area contributed by atoms with Gasteiger partial charge in [0, 0.05) is 79.2 Å². The Labute approximate surface area is 407 Å². The molecular formula is C63H53BN2S2. The van der Waals surface area contributed by atoms with Crippen molar-refractivity contribution < 1.29 is 0 Å². The number of hydrogen-bond donors (Lipinski definition) is 0. The summed E-state index contributed by atoms with van der Waals surface area (Å²) < 4.78 is 8.15. The molecule has 0 bridgehead atoms. The molecule has 0 atom stereocenters. The van der Waals surface area contributed by atoms with Gasteiger partial charge in [-0.25, -0.2) is 0 Å². The van der Waals surface area contributed by atoms with E-state index in [9.17, 15) is 0 Å². The highest BCUT2D eigenvalue weighted by Crippen LogP contribution is 2.55. The molecule has 0 saturated carbocycles. The minimum atomic E-state index is -0.113. The summed E-state index contributed by atoms with van der Waals surface area (Å²) in [5.74, 6) is 0. The molecule has 0 saturated heterocycles. The summed E-state index contributed by atoms with van der Waals surface area (Å²) in [6.07, 6.45) is 2.42. The van der Waals surface area contributed by atoms with Gasteiger partial charge in [-0.1, -0.05) is 129 Å². The number of anilines is 2. The minimum Gasteiger partial charge on any atom is -0.376 e. The molecule has 2 aliphatic heterocycles. The van der Waals surface area contributed by atoms with Crippen LogP contribution in [0.3, 0.4) is 0 Å². The molecule has 8 aromatic carbocycles. The van der Waals surface area contributed by atoms with Crippen molar-refractivity contribution in [2.24, 2.45) is 0 Å². The van der Waals surface area contributed by atoms with E-state index in [-0.39, 0.29) is 28.5 Å². The van der Waals surface area contributed by atoms with Gasteiger partial charge in [0.2, 0.25) is 0 Å². The Balaban J connectivity index is 1.09. The number of fused-ring (bicyclic) bond motifs is 18. The fourth-order valence-corrected chi connectivity index (χ4v) is 15.8. The Hall–Kier alpha value is -6.14. The van der Waals surface area contributed by atoms with E-state index >= 15 is 0 Å². The van der Waals surface area contributed by atoms with Crippen molar-refractivity contribution >= 4 is 114 Å². The third-order valence-corrected chi connectivity index (χ3v) is 19.6. The SMILES string of the molecule is CC(C)(C)c1ccc(N2B3c4cc5sc6ccccc6c5cc4-n4c5cc6c(cc5c5ccc(c3c54)-c3cc4c(cc32)sc2cc3c(cc24)C(C)(C)CCC3(C)C)-c2ccccc2C6(C)C)cc1. The second kappa shape index (κ2) is 12.7. The summed E-state index contributed by atoms with van der Waals surface area (Å²) in [6, 6.07) is 53.3. The first-order chi connectivity index (χ1) is 32.6. The van der Waals surface area contributed by atoms with E-state index in [1.165, 1.54) is 153 Å². The van der Waals surface area contributed by atoms with Crippen LogP contribution in [0.25, 0.3) is 90.1 Å². The lowest BCUT2D eigenvalue weighted by molar-refractivity contribution is 0.332. The normalized spacial score (nSPS) is 17.1. The molecular weight excluding hydrogens is 860 g/mol. The third kappa shape index (κ3) is 4.99. The maximum absolute atomic E-state index is 2.74. The van der Waals surface area contributed by atoms with Crippen LogP contribution in [0.15, 0.2) is 133 Å². The summed E-state index contributed by atoms with van der Waals surface area (Å²) in [4.78, 5) is 2.74. The second-order valence-corrected chi connectivity index (χ2v) is 25.7. The van der Waals surface area contributed by atoms with Gasteiger partial charge in [0.1, 0.15) is 0 Å². The fraction of sp³-hybridized carbons (Fsp3) is 0.238. The maximum atomic E-state index is 2.74. The molecule has 68 heavy (non-hydrogen) atoms. The number of nitrogens with zero attached hydrogens (tertiary/aromatic N) is 2. The second-order valence-electron chi connectivity index (χ2n) is 23.5. The van der Waals surface area contributed by atoms with Crippen molar-refractivity contribution in [1.82, 2.24) is 4.57 Å². The summed E-state index contributed by atoms with van der Waals surface area (Å²) >= 11 is 3.92. The quantitative estimate of drug-likeness (QED) is 0.149. The van der Waals surface area contributed by atoms with Gasteiger partial charge in [0.05, 0.1) is 11.0 Å². The number of aromatic nitrogens is 1. The van der Waals surface area contributed by atoms with Crippen LogP contribution >= 0.6 is 22.7 Å². The van der Waals surface area contributed by atoms with Crippen LogP contribution in [0.1, 0.15) is 103 Å². The van der Waals surface area contributed by atoms with Crippen LogP contribution in [-0.4, -0.2) is 11.4 Å². The Morgan fingerprint density at radius 2 is 1.15 bits per heavy atom. The molecule has 3 aromatic heterocycles. The van der Waals surface area contributed by atoms with Gasteiger partial charge in [-0.15, -0.1) is 22.7 Å². The summed E-state index contributed by atoms with van der Waals surface area (Å²) in [6.45, 7) is 21.6. The molecule has 15 rings (SSSR count). The molecule has 5 heterocycles. The zero-order valence-corrected chi connectivity index (χ0v) is 42.0. The van der Waals surface area contributed by atoms with E-state index in [4.69, 9.17) is 0 Å². The van der Waals surface area contributed by atoms with Gasteiger partial charge in [-0.05, 0) is 151 Å². The lowest BCUT2D eigenvalue weighted by atomic mass is 9.44. The lowest BCUT2D eigenvalue weighted by Crippen LogP contribution is -2.60. The predicted octanol–water partition coefficient (Wildman–Crippen LogP) is 16.7. The summed E-state index contributed by atoms with van der Waals surface area (Å²) in [7, 11) is 0. The largest absolute Gasteiger partial charge is 0.376 e. The van der Waals surface area contributed by atoms with Crippen LogP contribution < -0.4 is 15.7 Å². The average Bonchev–Trinajstić information content (AvgIpc) is 4.03. The van der Waals surface area contributed by atoms with Crippen molar-refractivity contribution in [3.63, 3.8) is 0 Å². The molecule has 5 heteroatoms. The van der Waals surface area contributed by atoms with E-state index in [0.717, 1.165) is 0 Å². The van der Waals surface area contributed by atoms with Gasteiger partial charge in [0.25, 0.3) is 0 Å². The van der Waals surface area contributed by atoms with Gasteiger partial charge in [-0.2, -0.15) is 0 Å². The first kappa shape index (κ1) is 39.8. The van der Waals surface area contributed by atoms with E-state index in [1.807, 2.05) is 22.7 Å². The zero-order chi connectivity index (χ0) is 46.1. The van der Waals surface area contributed by atoms with Crippen LogP contribution in [0.4, 0.5) is 11.4 Å². The summed E-state index contributed by atoms with van der Waals surface area (Å²) in [5, 5.41) is 8.12. The topological polar surface area (TPSA) is 8.17 Å². The van der Waals surface area contributed by atoms with Crippen molar-refractivity contribution in [2.45, 2.75) is 96.8 Å². The van der Waals surface area contributed by atoms with Crippen LogP contribution in [0.5, 0.6) is 0 Å². The van der Waals surface area contributed by atoms with Crippen LogP contribution in [-0.2, 0) is 21.7 Å². The highest BCUT2D eigenvalue weighted by Gasteiger charge is 2.46. The van der Waals surface area contributed by atoms with E-state index in [1.54, 1.807) is 0 Å². The first-order valence-electron chi connectivity index (χ1n) is 24.7. The lowest BCUT2D eigenvalue weighted by Gasteiger charge is -2.42. The fourth-order valence-electron chi connectivity index (χ4n) is 13.5. The number of rotatable bonds is 1. The molecule has 0 radical (unpaired) electrons. The number of hydrogen-bond acceptors (Lipinski definition) is 3. The van der Waals surface area contributed by atoms with Gasteiger partial charge < -0.3 is 9.38 Å². The van der Waals surface area contributed by atoms with Crippen molar-refractivity contribution in [2.75, 3.05) is 4.81 Å². The Morgan fingerprint density at radius 1 is 0.485 bits per heavy atom. The minimum absolute atomic E-state index is 0.0448. The van der Waals surface area contributed by atoms with Crippen molar-refractivity contribution in [1.29, 1.82) is 0 Å².